The molecule has 1 aromatic heterocycles. The van der Waals surface area contributed by atoms with Crippen LogP contribution in [0.4, 0.5) is 0 Å². The highest BCUT2D eigenvalue weighted by molar-refractivity contribution is 7.10. The van der Waals surface area contributed by atoms with Gasteiger partial charge in [0.15, 0.2) is 0 Å². The van der Waals surface area contributed by atoms with Crippen LogP contribution in [-0.4, -0.2) is 6.54 Å². The van der Waals surface area contributed by atoms with E-state index in [4.69, 9.17) is 5.73 Å². The molecule has 1 aliphatic carbocycles. The molecule has 0 spiro atoms. The number of nitrogens with two attached hydrogens (primary N) is 1. The van der Waals surface area contributed by atoms with Crippen LogP contribution >= 0.6 is 11.3 Å². The minimum Gasteiger partial charge on any atom is -0.330 e. The Hall–Kier alpha value is -0.340. The van der Waals surface area contributed by atoms with Crippen molar-refractivity contribution in [3.63, 3.8) is 0 Å². The SMILES string of the molecule is Cc1cc(CC2CCC2CN)cs1. The van der Waals surface area contributed by atoms with Crippen LogP contribution in [0.25, 0.3) is 0 Å². The Kier molecular flexibility index (Phi) is 2.70. The molecule has 0 amide bonds. The van der Waals surface area contributed by atoms with E-state index in [0.717, 1.165) is 18.4 Å². The lowest BCUT2D eigenvalue weighted by atomic mass is 9.71. The van der Waals surface area contributed by atoms with Gasteiger partial charge >= 0.3 is 0 Å². The van der Waals surface area contributed by atoms with E-state index in [1.807, 2.05) is 11.3 Å². The molecule has 1 aromatic rings. The van der Waals surface area contributed by atoms with Crippen molar-refractivity contribution in [2.24, 2.45) is 17.6 Å². The molecular formula is C11H17NS. The number of hydrogen-bond acceptors (Lipinski definition) is 2. The van der Waals surface area contributed by atoms with Crippen LogP contribution < -0.4 is 5.73 Å². The summed E-state index contributed by atoms with van der Waals surface area (Å²) in [6, 6.07) is 2.32. The maximum atomic E-state index is 5.69. The van der Waals surface area contributed by atoms with Gasteiger partial charge in [0.25, 0.3) is 0 Å². The molecule has 1 aliphatic rings. The molecule has 13 heavy (non-hydrogen) atoms. The number of rotatable bonds is 3. The van der Waals surface area contributed by atoms with Gasteiger partial charge in [-0.3, -0.25) is 0 Å². The highest BCUT2D eigenvalue weighted by atomic mass is 32.1. The molecule has 1 nitrogen and oxygen atoms in total. The topological polar surface area (TPSA) is 26.0 Å². The van der Waals surface area contributed by atoms with Gasteiger partial charge in [-0.25, -0.2) is 0 Å². The molecule has 2 atom stereocenters. The zero-order valence-corrected chi connectivity index (χ0v) is 8.94. The van der Waals surface area contributed by atoms with Gasteiger partial charge in [-0.2, -0.15) is 0 Å². The first-order valence-corrected chi connectivity index (χ1v) is 5.91. The molecule has 2 heteroatoms. The average Bonchev–Trinajstić information content (AvgIpc) is 2.46. The zero-order chi connectivity index (χ0) is 9.26. The Morgan fingerprint density at radius 3 is 2.69 bits per heavy atom. The molecular weight excluding hydrogens is 178 g/mol. The van der Waals surface area contributed by atoms with E-state index < -0.39 is 0 Å². The van der Waals surface area contributed by atoms with Crippen LogP contribution in [-0.2, 0) is 6.42 Å². The highest BCUT2D eigenvalue weighted by Crippen LogP contribution is 2.36. The van der Waals surface area contributed by atoms with Crippen LogP contribution in [0.1, 0.15) is 23.3 Å². The molecule has 2 unspecified atom stereocenters. The smallest absolute Gasteiger partial charge is 0.00170 e. The van der Waals surface area contributed by atoms with E-state index in [9.17, 15) is 0 Å². The molecule has 1 heterocycles. The second kappa shape index (κ2) is 3.81. The predicted octanol–water partition coefficient (Wildman–Crippen LogP) is 2.58. The van der Waals surface area contributed by atoms with Gasteiger partial charge < -0.3 is 5.73 Å². The molecule has 1 saturated carbocycles. The maximum absolute atomic E-state index is 5.69. The van der Waals surface area contributed by atoms with Crippen molar-refractivity contribution in [2.45, 2.75) is 26.2 Å². The van der Waals surface area contributed by atoms with Gasteiger partial charge in [0.1, 0.15) is 0 Å². The first-order valence-electron chi connectivity index (χ1n) is 5.03. The summed E-state index contributed by atoms with van der Waals surface area (Å²) in [4.78, 5) is 1.43. The summed E-state index contributed by atoms with van der Waals surface area (Å²) < 4.78 is 0. The van der Waals surface area contributed by atoms with Gasteiger partial charge in [-0.1, -0.05) is 0 Å². The normalized spacial score (nSPS) is 27.2. The number of aryl methyl sites for hydroxylation is 1. The fourth-order valence-electron chi connectivity index (χ4n) is 2.12. The van der Waals surface area contributed by atoms with Crippen molar-refractivity contribution in [2.75, 3.05) is 6.54 Å². The van der Waals surface area contributed by atoms with Crippen molar-refractivity contribution >= 4 is 11.3 Å². The highest BCUT2D eigenvalue weighted by Gasteiger charge is 2.29. The molecule has 0 aromatic carbocycles. The van der Waals surface area contributed by atoms with Gasteiger partial charge in [-0.15, -0.1) is 11.3 Å². The summed E-state index contributed by atoms with van der Waals surface area (Å²) in [6.07, 6.45) is 3.99. The third-order valence-electron chi connectivity index (χ3n) is 3.16. The Bertz CT molecular complexity index is 277. The van der Waals surface area contributed by atoms with Crippen molar-refractivity contribution in [3.8, 4) is 0 Å². The Labute approximate surface area is 84.0 Å². The minimum absolute atomic E-state index is 0.806. The third-order valence-corrected chi connectivity index (χ3v) is 4.07. The van der Waals surface area contributed by atoms with Crippen LogP contribution in [0.15, 0.2) is 11.4 Å². The number of hydrogen-bond donors (Lipinski definition) is 1. The fourth-order valence-corrected chi connectivity index (χ4v) is 2.85. The monoisotopic (exact) mass is 195 g/mol. The molecule has 0 bridgehead atoms. The van der Waals surface area contributed by atoms with E-state index in [2.05, 4.69) is 18.4 Å². The van der Waals surface area contributed by atoms with E-state index in [1.165, 1.54) is 29.7 Å². The first-order chi connectivity index (χ1) is 6.29. The molecule has 2 rings (SSSR count). The van der Waals surface area contributed by atoms with Crippen LogP contribution in [0.3, 0.4) is 0 Å². The van der Waals surface area contributed by atoms with E-state index in [1.54, 1.807) is 0 Å². The Morgan fingerprint density at radius 2 is 2.23 bits per heavy atom. The van der Waals surface area contributed by atoms with E-state index >= 15 is 0 Å². The van der Waals surface area contributed by atoms with Crippen molar-refractivity contribution in [1.82, 2.24) is 0 Å². The van der Waals surface area contributed by atoms with Crippen molar-refractivity contribution in [3.05, 3.63) is 21.9 Å². The quantitative estimate of drug-likeness (QED) is 0.788. The summed E-state index contributed by atoms with van der Waals surface area (Å²) in [6.45, 7) is 3.06. The molecule has 2 N–H and O–H groups in total. The molecule has 0 aliphatic heterocycles. The second-order valence-corrected chi connectivity index (χ2v) is 5.22. The summed E-state index contributed by atoms with van der Waals surface area (Å²) >= 11 is 1.86. The van der Waals surface area contributed by atoms with Gasteiger partial charge in [-0.05, 0) is 61.6 Å². The van der Waals surface area contributed by atoms with Crippen LogP contribution in [0, 0.1) is 18.8 Å². The standard InChI is InChI=1S/C11H17NS/c1-8-4-9(7-13-8)5-10-2-3-11(10)6-12/h4,7,10-11H,2-3,5-6,12H2,1H3. The molecule has 1 fully saturated rings. The Morgan fingerprint density at radius 1 is 1.46 bits per heavy atom. The van der Waals surface area contributed by atoms with Crippen molar-refractivity contribution in [1.29, 1.82) is 0 Å². The first kappa shape index (κ1) is 9.22. The second-order valence-electron chi connectivity index (χ2n) is 4.10. The van der Waals surface area contributed by atoms with Gasteiger partial charge in [0, 0.05) is 4.88 Å². The third kappa shape index (κ3) is 1.94. The summed E-state index contributed by atoms with van der Waals surface area (Å²) in [5.74, 6) is 1.68. The van der Waals surface area contributed by atoms with Crippen molar-refractivity contribution < 1.29 is 0 Å². The predicted molar refractivity (Wildman–Crippen MR) is 58.0 cm³/mol. The van der Waals surface area contributed by atoms with Crippen LogP contribution in [0.2, 0.25) is 0 Å². The lowest BCUT2D eigenvalue weighted by Gasteiger charge is -2.35. The van der Waals surface area contributed by atoms with Gasteiger partial charge in [0.2, 0.25) is 0 Å². The van der Waals surface area contributed by atoms with E-state index in [-0.39, 0.29) is 0 Å². The zero-order valence-electron chi connectivity index (χ0n) is 8.12. The largest absolute Gasteiger partial charge is 0.330 e. The summed E-state index contributed by atoms with van der Waals surface area (Å²) in [5, 5.41) is 2.29. The summed E-state index contributed by atoms with van der Waals surface area (Å²) in [7, 11) is 0. The number of thiophene rings is 1. The lowest BCUT2D eigenvalue weighted by Crippen LogP contribution is -2.33. The van der Waals surface area contributed by atoms with E-state index in [0.29, 0.717) is 0 Å². The minimum atomic E-state index is 0.806. The fraction of sp³-hybridized carbons (Fsp3) is 0.636. The lowest BCUT2D eigenvalue weighted by molar-refractivity contribution is 0.183. The van der Waals surface area contributed by atoms with Crippen LogP contribution in [0.5, 0.6) is 0 Å². The molecule has 72 valence electrons. The molecule has 0 radical (unpaired) electrons. The maximum Gasteiger partial charge on any atom is 0.00170 e. The Balaban J connectivity index is 1.91. The summed E-state index contributed by atoms with van der Waals surface area (Å²) in [5.41, 5.74) is 7.20. The average molecular weight is 195 g/mol. The molecule has 0 saturated heterocycles. The van der Waals surface area contributed by atoms with Gasteiger partial charge in [0.05, 0.1) is 0 Å².